The van der Waals surface area contributed by atoms with E-state index in [-0.39, 0.29) is 0 Å². The summed E-state index contributed by atoms with van der Waals surface area (Å²) in [7, 11) is 2.15. The van der Waals surface area contributed by atoms with Gasteiger partial charge in [-0.05, 0) is 29.4 Å². The van der Waals surface area contributed by atoms with Crippen molar-refractivity contribution in [2.24, 2.45) is 0 Å². The van der Waals surface area contributed by atoms with Gasteiger partial charge in [0.25, 0.3) is 0 Å². The second-order valence-corrected chi connectivity index (χ2v) is 4.80. The summed E-state index contributed by atoms with van der Waals surface area (Å²) in [4.78, 5) is 2.32. The average Bonchev–Trinajstić information content (AvgIpc) is 2.71. The molecule has 1 atom stereocenters. The first kappa shape index (κ1) is 11.1. The Kier molecular flexibility index (Phi) is 4.14. The number of morpholine rings is 1. The third-order valence-electron chi connectivity index (χ3n) is 2.62. The van der Waals surface area contributed by atoms with E-state index in [4.69, 9.17) is 4.74 Å². The van der Waals surface area contributed by atoms with Gasteiger partial charge in [0.1, 0.15) is 0 Å². The average molecular weight is 226 g/mol. The number of likely N-dealkylation sites (N-methyl/N-ethyl adjacent to an activating group) is 1. The van der Waals surface area contributed by atoms with Gasteiger partial charge in [-0.1, -0.05) is 0 Å². The molecule has 1 aliphatic heterocycles. The smallest absolute Gasteiger partial charge is 0.0826 e. The van der Waals surface area contributed by atoms with Crippen LogP contribution in [0.1, 0.15) is 5.56 Å². The lowest BCUT2D eigenvalue weighted by Crippen LogP contribution is -2.44. The molecule has 0 aromatic carbocycles. The molecule has 1 aliphatic rings. The highest BCUT2D eigenvalue weighted by Crippen LogP contribution is 2.06. The van der Waals surface area contributed by atoms with Crippen LogP contribution in [0.4, 0.5) is 0 Å². The lowest BCUT2D eigenvalue weighted by Gasteiger charge is -2.30. The summed E-state index contributed by atoms with van der Waals surface area (Å²) in [5.41, 5.74) is 1.36. The van der Waals surface area contributed by atoms with Gasteiger partial charge in [-0.15, -0.1) is 0 Å². The van der Waals surface area contributed by atoms with E-state index in [1.807, 2.05) is 0 Å². The zero-order valence-electron chi connectivity index (χ0n) is 9.11. The van der Waals surface area contributed by atoms with Gasteiger partial charge in [-0.3, -0.25) is 0 Å². The minimum Gasteiger partial charge on any atom is -0.374 e. The topological polar surface area (TPSA) is 24.5 Å². The molecular formula is C11H18N2OS. The molecule has 1 unspecified atom stereocenters. The Morgan fingerprint density at radius 2 is 2.60 bits per heavy atom. The SMILES string of the molecule is CN1CCOC(CNCc2ccsc2)C1. The monoisotopic (exact) mass is 226 g/mol. The minimum atomic E-state index is 0.349. The Morgan fingerprint density at radius 3 is 3.33 bits per heavy atom. The van der Waals surface area contributed by atoms with E-state index in [9.17, 15) is 0 Å². The quantitative estimate of drug-likeness (QED) is 0.834. The third-order valence-corrected chi connectivity index (χ3v) is 3.36. The van der Waals surface area contributed by atoms with E-state index in [1.54, 1.807) is 11.3 Å². The molecule has 0 radical (unpaired) electrons. The van der Waals surface area contributed by atoms with Crippen molar-refractivity contribution < 1.29 is 4.74 Å². The Balaban J connectivity index is 1.65. The number of nitrogens with zero attached hydrogens (tertiary/aromatic N) is 1. The van der Waals surface area contributed by atoms with Crippen molar-refractivity contribution in [3.05, 3.63) is 22.4 Å². The Bertz CT molecular complexity index is 276. The first-order valence-electron chi connectivity index (χ1n) is 5.36. The third kappa shape index (κ3) is 3.57. The van der Waals surface area contributed by atoms with Crippen molar-refractivity contribution >= 4 is 11.3 Å². The van der Waals surface area contributed by atoms with Gasteiger partial charge in [-0.2, -0.15) is 11.3 Å². The summed E-state index contributed by atoms with van der Waals surface area (Å²) in [6.07, 6.45) is 0.349. The van der Waals surface area contributed by atoms with Gasteiger partial charge >= 0.3 is 0 Å². The molecule has 1 aromatic rings. The van der Waals surface area contributed by atoms with Gasteiger partial charge in [0.15, 0.2) is 0 Å². The number of hydrogen-bond donors (Lipinski definition) is 1. The predicted molar refractivity (Wildman–Crippen MR) is 63.3 cm³/mol. The summed E-state index contributed by atoms with van der Waals surface area (Å²) in [6, 6.07) is 2.16. The van der Waals surface area contributed by atoms with Gasteiger partial charge in [0.05, 0.1) is 12.7 Å². The maximum atomic E-state index is 5.67. The highest BCUT2D eigenvalue weighted by atomic mass is 32.1. The fraction of sp³-hybridized carbons (Fsp3) is 0.636. The molecule has 0 spiro atoms. The second-order valence-electron chi connectivity index (χ2n) is 4.02. The van der Waals surface area contributed by atoms with Crippen LogP contribution in [0.15, 0.2) is 16.8 Å². The second kappa shape index (κ2) is 5.61. The summed E-state index contributed by atoms with van der Waals surface area (Å²) in [5.74, 6) is 0. The van der Waals surface area contributed by atoms with Crippen LogP contribution >= 0.6 is 11.3 Å². The van der Waals surface area contributed by atoms with E-state index < -0.39 is 0 Å². The van der Waals surface area contributed by atoms with Crippen molar-refractivity contribution in [2.75, 3.05) is 33.3 Å². The molecule has 0 amide bonds. The van der Waals surface area contributed by atoms with E-state index in [0.29, 0.717) is 6.10 Å². The lowest BCUT2D eigenvalue weighted by atomic mass is 10.2. The zero-order chi connectivity index (χ0) is 10.5. The molecule has 2 heterocycles. The van der Waals surface area contributed by atoms with Crippen LogP contribution in [0.5, 0.6) is 0 Å². The van der Waals surface area contributed by atoms with Gasteiger partial charge in [0.2, 0.25) is 0 Å². The molecule has 0 bridgehead atoms. The van der Waals surface area contributed by atoms with Gasteiger partial charge in [-0.25, -0.2) is 0 Å². The molecular weight excluding hydrogens is 208 g/mol. The van der Waals surface area contributed by atoms with Crippen molar-refractivity contribution in [3.63, 3.8) is 0 Å². The highest BCUT2D eigenvalue weighted by Gasteiger charge is 2.16. The van der Waals surface area contributed by atoms with E-state index in [2.05, 4.69) is 34.1 Å². The maximum Gasteiger partial charge on any atom is 0.0826 e. The number of ether oxygens (including phenoxy) is 1. The van der Waals surface area contributed by atoms with Crippen molar-refractivity contribution in [3.8, 4) is 0 Å². The molecule has 4 heteroatoms. The lowest BCUT2D eigenvalue weighted by molar-refractivity contribution is -0.0182. The Hall–Kier alpha value is -0.420. The number of hydrogen-bond acceptors (Lipinski definition) is 4. The summed E-state index contributed by atoms with van der Waals surface area (Å²) in [5, 5.41) is 7.73. The molecule has 2 rings (SSSR count). The molecule has 15 heavy (non-hydrogen) atoms. The van der Waals surface area contributed by atoms with Crippen LogP contribution in [0.25, 0.3) is 0 Å². The van der Waals surface area contributed by atoms with E-state index >= 15 is 0 Å². The molecule has 1 saturated heterocycles. The minimum absolute atomic E-state index is 0.349. The normalized spacial score (nSPS) is 23.1. The first-order chi connectivity index (χ1) is 7.34. The molecule has 0 aliphatic carbocycles. The van der Waals surface area contributed by atoms with Crippen molar-refractivity contribution in [1.82, 2.24) is 10.2 Å². The van der Waals surface area contributed by atoms with Gasteiger partial charge in [0, 0.05) is 26.2 Å². The standard InChI is InChI=1S/C11H18N2OS/c1-13-3-4-14-11(8-13)7-12-6-10-2-5-15-9-10/h2,5,9,11-12H,3-4,6-8H2,1H3. The number of nitrogens with one attached hydrogen (secondary N) is 1. The van der Waals surface area contributed by atoms with Crippen LogP contribution in [-0.2, 0) is 11.3 Å². The fourth-order valence-corrected chi connectivity index (χ4v) is 2.43. The number of thiophene rings is 1. The zero-order valence-corrected chi connectivity index (χ0v) is 9.93. The molecule has 84 valence electrons. The molecule has 1 fully saturated rings. The van der Waals surface area contributed by atoms with Gasteiger partial charge < -0.3 is 15.0 Å². The summed E-state index contributed by atoms with van der Waals surface area (Å²) >= 11 is 1.75. The number of rotatable bonds is 4. The van der Waals surface area contributed by atoms with Crippen molar-refractivity contribution in [1.29, 1.82) is 0 Å². The van der Waals surface area contributed by atoms with Crippen LogP contribution in [0.2, 0.25) is 0 Å². The Labute approximate surface area is 95.0 Å². The van der Waals surface area contributed by atoms with Crippen molar-refractivity contribution in [2.45, 2.75) is 12.6 Å². The van der Waals surface area contributed by atoms with Crippen LogP contribution in [0, 0.1) is 0 Å². The van der Waals surface area contributed by atoms with E-state index in [1.165, 1.54) is 5.56 Å². The largest absolute Gasteiger partial charge is 0.374 e. The van der Waals surface area contributed by atoms with Crippen LogP contribution < -0.4 is 5.32 Å². The predicted octanol–water partition coefficient (Wildman–Crippen LogP) is 1.17. The molecule has 0 saturated carbocycles. The highest BCUT2D eigenvalue weighted by molar-refractivity contribution is 7.07. The summed E-state index contributed by atoms with van der Waals surface area (Å²) < 4.78 is 5.67. The van der Waals surface area contributed by atoms with Crippen LogP contribution in [0.3, 0.4) is 0 Å². The molecule has 3 nitrogen and oxygen atoms in total. The fourth-order valence-electron chi connectivity index (χ4n) is 1.76. The van der Waals surface area contributed by atoms with E-state index in [0.717, 1.165) is 32.8 Å². The maximum absolute atomic E-state index is 5.67. The molecule has 1 aromatic heterocycles. The first-order valence-corrected chi connectivity index (χ1v) is 6.31. The Morgan fingerprint density at radius 1 is 1.67 bits per heavy atom. The summed E-state index contributed by atoms with van der Waals surface area (Å²) in [6.45, 7) is 4.85. The van der Waals surface area contributed by atoms with Crippen LogP contribution in [-0.4, -0.2) is 44.3 Å². The molecule has 1 N–H and O–H groups in total.